The molecule has 1 aromatic rings. The van der Waals surface area contributed by atoms with Crippen LogP contribution >= 0.6 is 43.5 Å². The first-order valence-corrected chi connectivity index (χ1v) is 5.25. The van der Waals surface area contributed by atoms with Gasteiger partial charge in [0, 0.05) is 14.8 Å². The summed E-state index contributed by atoms with van der Waals surface area (Å²) in [5.41, 5.74) is 1.52. The van der Waals surface area contributed by atoms with E-state index in [1.54, 1.807) is 6.07 Å². The largest absolute Gasteiger partial charge is 0.192 e. The minimum Gasteiger partial charge on any atom is -0.192 e. The van der Waals surface area contributed by atoms with Gasteiger partial charge in [-0.3, -0.25) is 0 Å². The van der Waals surface area contributed by atoms with E-state index < -0.39 is 0 Å². The Labute approximate surface area is 92.6 Å². The van der Waals surface area contributed by atoms with E-state index in [1.165, 1.54) is 0 Å². The van der Waals surface area contributed by atoms with Gasteiger partial charge in [0.25, 0.3) is 0 Å². The van der Waals surface area contributed by atoms with Crippen LogP contribution in [0.4, 0.5) is 0 Å². The van der Waals surface area contributed by atoms with Crippen molar-refractivity contribution in [2.75, 3.05) is 0 Å². The summed E-state index contributed by atoms with van der Waals surface area (Å²) in [6.07, 6.45) is 0. The molecule has 0 radical (unpaired) electrons. The predicted octanol–water partition coefficient (Wildman–Crippen LogP) is 3.82. The average Bonchev–Trinajstić information content (AvgIpc) is 2.06. The van der Waals surface area contributed by atoms with Crippen LogP contribution in [0.15, 0.2) is 21.1 Å². The normalized spacial score (nSPS) is 9.50. The van der Waals surface area contributed by atoms with Crippen molar-refractivity contribution in [1.82, 2.24) is 0 Å². The van der Waals surface area contributed by atoms with E-state index in [0.717, 1.165) is 14.5 Å². The number of nitriles is 1. The first-order chi connectivity index (χ1) is 5.70. The average molecular weight is 309 g/mol. The van der Waals surface area contributed by atoms with Gasteiger partial charge >= 0.3 is 0 Å². The van der Waals surface area contributed by atoms with E-state index in [0.29, 0.717) is 11.4 Å². The second-order valence-electron chi connectivity index (χ2n) is 2.13. The standard InChI is InChI=1S/C8H4Br2ClN/c9-7-2-1-5(4-12)8(10)6(7)3-11/h1-2H,3H2. The van der Waals surface area contributed by atoms with Crippen molar-refractivity contribution in [3.05, 3.63) is 32.2 Å². The maximum atomic E-state index is 8.69. The van der Waals surface area contributed by atoms with Crippen molar-refractivity contribution >= 4 is 43.5 Å². The van der Waals surface area contributed by atoms with Crippen LogP contribution in [0, 0.1) is 11.3 Å². The van der Waals surface area contributed by atoms with Crippen molar-refractivity contribution in [2.45, 2.75) is 5.88 Å². The molecule has 0 fully saturated rings. The Hall–Kier alpha value is -0.0400. The Kier molecular flexibility index (Phi) is 3.57. The van der Waals surface area contributed by atoms with E-state index >= 15 is 0 Å². The van der Waals surface area contributed by atoms with Crippen molar-refractivity contribution < 1.29 is 0 Å². The van der Waals surface area contributed by atoms with Crippen LogP contribution in [-0.4, -0.2) is 0 Å². The highest BCUT2D eigenvalue weighted by molar-refractivity contribution is 9.11. The molecule has 0 unspecified atom stereocenters. The molecule has 0 saturated carbocycles. The van der Waals surface area contributed by atoms with Gasteiger partial charge in [0.1, 0.15) is 6.07 Å². The van der Waals surface area contributed by atoms with E-state index in [9.17, 15) is 0 Å². The molecular weight excluding hydrogens is 305 g/mol. The maximum absolute atomic E-state index is 8.69. The Balaban J connectivity index is 3.36. The van der Waals surface area contributed by atoms with Gasteiger partial charge in [-0.1, -0.05) is 15.9 Å². The lowest BCUT2D eigenvalue weighted by Crippen LogP contribution is -1.87. The molecule has 0 spiro atoms. The van der Waals surface area contributed by atoms with Gasteiger partial charge in [-0.25, -0.2) is 0 Å². The molecule has 62 valence electrons. The minimum atomic E-state index is 0.386. The molecule has 0 bridgehead atoms. The van der Waals surface area contributed by atoms with Crippen molar-refractivity contribution in [2.24, 2.45) is 0 Å². The zero-order chi connectivity index (χ0) is 9.14. The third-order valence-electron chi connectivity index (χ3n) is 1.44. The first-order valence-electron chi connectivity index (χ1n) is 3.13. The third kappa shape index (κ3) is 1.82. The molecule has 1 rings (SSSR count). The lowest BCUT2D eigenvalue weighted by Gasteiger charge is -2.04. The Bertz CT molecular complexity index is 344. The van der Waals surface area contributed by atoms with Crippen LogP contribution in [0.5, 0.6) is 0 Å². The second-order valence-corrected chi connectivity index (χ2v) is 4.05. The van der Waals surface area contributed by atoms with Gasteiger partial charge in [0.15, 0.2) is 0 Å². The fourth-order valence-electron chi connectivity index (χ4n) is 0.806. The molecular formula is C8H4Br2ClN. The van der Waals surface area contributed by atoms with Gasteiger partial charge < -0.3 is 0 Å². The number of nitrogens with zero attached hydrogens (tertiary/aromatic N) is 1. The number of halogens is 3. The predicted molar refractivity (Wildman–Crippen MR) is 56.1 cm³/mol. The molecule has 4 heteroatoms. The van der Waals surface area contributed by atoms with Crippen molar-refractivity contribution in [3.8, 4) is 6.07 Å². The molecule has 0 aliphatic rings. The maximum Gasteiger partial charge on any atom is 0.100 e. The van der Waals surface area contributed by atoms with Gasteiger partial charge in [-0.05, 0) is 33.6 Å². The highest BCUT2D eigenvalue weighted by Crippen LogP contribution is 2.29. The molecule has 0 amide bonds. The zero-order valence-electron chi connectivity index (χ0n) is 5.94. The fraction of sp³-hybridized carbons (Fsp3) is 0.125. The van der Waals surface area contributed by atoms with E-state index in [4.69, 9.17) is 16.9 Å². The summed E-state index contributed by atoms with van der Waals surface area (Å²) in [5, 5.41) is 8.69. The van der Waals surface area contributed by atoms with Gasteiger partial charge in [0.2, 0.25) is 0 Å². The highest BCUT2D eigenvalue weighted by Gasteiger charge is 2.07. The lowest BCUT2D eigenvalue weighted by molar-refractivity contribution is 1.31. The molecule has 0 aliphatic carbocycles. The minimum absolute atomic E-state index is 0.386. The summed E-state index contributed by atoms with van der Waals surface area (Å²) in [7, 11) is 0. The summed E-state index contributed by atoms with van der Waals surface area (Å²) >= 11 is 12.4. The van der Waals surface area contributed by atoms with Gasteiger partial charge in [0.05, 0.1) is 5.56 Å². The second kappa shape index (κ2) is 4.27. The summed E-state index contributed by atoms with van der Waals surface area (Å²) in [5.74, 6) is 0.386. The summed E-state index contributed by atoms with van der Waals surface area (Å²) in [6, 6.07) is 5.63. The molecule has 0 atom stereocenters. The first kappa shape index (κ1) is 10.0. The SMILES string of the molecule is N#Cc1ccc(Br)c(CCl)c1Br. The molecule has 1 aromatic carbocycles. The summed E-state index contributed by atoms with van der Waals surface area (Å²) < 4.78 is 1.69. The summed E-state index contributed by atoms with van der Waals surface area (Å²) in [4.78, 5) is 0. The van der Waals surface area contributed by atoms with Crippen LogP contribution in [0.3, 0.4) is 0 Å². The molecule has 1 nitrogen and oxygen atoms in total. The number of hydrogen-bond donors (Lipinski definition) is 0. The fourth-order valence-corrected chi connectivity index (χ4v) is 2.72. The molecule has 0 N–H and O–H groups in total. The van der Waals surface area contributed by atoms with Crippen LogP contribution < -0.4 is 0 Å². The topological polar surface area (TPSA) is 23.8 Å². The van der Waals surface area contributed by atoms with Crippen molar-refractivity contribution in [1.29, 1.82) is 5.26 Å². The lowest BCUT2D eigenvalue weighted by atomic mass is 10.1. The monoisotopic (exact) mass is 307 g/mol. The Morgan fingerprint density at radius 2 is 2.08 bits per heavy atom. The quantitative estimate of drug-likeness (QED) is 0.723. The molecule has 12 heavy (non-hydrogen) atoms. The van der Waals surface area contributed by atoms with Crippen LogP contribution in [0.25, 0.3) is 0 Å². The molecule has 0 saturated heterocycles. The van der Waals surface area contributed by atoms with Crippen LogP contribution in [0.1, 0.15) is 11.1 Å². The van der Waals surface area contributed by atoms with Crippen LogP contribution in [0.2, 0.25) is 0 Å². The number of hydrogen-bond acceptors (Lipinski definition) is 1. The number of rotatable bonds is 1. The Morgan fingerprint density at radius 3 is 2.58 bits per heavy atom. The smallest absolute Gasteiger partial charge is 0.100 e. The van der Waals surface area contributed by atoms with Crippen molar-refractivity contribution in [3.63, 3.8) is 0 Å². The van der Waals surface area contributed by atoms with Crippen LogP contribution in [-0.2, 0) is 5.88 Å². The Morgan fingerprint density at radius 1 is 1.42 bits per heavy atom. The summed E-state index contributed by atoms with van der Waals surface area (Å²) in [6.45, 7) is 0. The van der Waals surface area contributed by atoms with E-state index in [1.807, 2.05) is 6.07 Å². The molecule has 0 heterocycles. The van der Waals surface area contributed by atoms with E-state index in [2.05, 4.69) is 37.9 Å². The van der Waals surface area contributed by atoms with Gasteiger partial charge in [-0.2, -0.15) is 5.26 Å². The third-order valence-corrected chi connectivity index (χ3v) is 3.36. The zero-order valence-corrected chi connectivity index (χ0v) is 9.87. The molecule has 0 aromatic heterocycles. The van der Waals surface area contributed by atoms with E-state index in [-0.39, 0.29) is 0 Å². The number of alkyl halides is 1. The highest BCUT2D eigenvalue weighted by atomic mass is 79.9. The van der Waals surface area contributed by atoms with Gasteiger partial charge in [-0.15, -0.1) is 11.6 Å². The molecule has 0 aliphatic heterocycles. The number of benzene rings is 1.